The number of amides is 4. The van der Waals surface area contributed by atoms with E-state index in [1.54, 1.807) is 13.0 Å². The number of Topliss-reactive ketones (excluding diaryl/α,β-unsaturated/α-hetero) is 1. The van der Waals surface area contributed by atoms with Crippen LogP contribution in [0.2, 0.25) is 0 Å². The van der Waals surface area contributed by atoms with Gasteiger partial charge in [0.15, 0.2) is 0 Å². The number of morpholine rings is 1. The Hall–Kier alpha value is -3.58. The molecular weight excluding hydrogens is 568 g/mol. The first-order valence-electron chi connectivity index (χ1n) is 15.8. The number of rotatable bonds is 12. The lowest BCUT2D eigenvalue weighted by Crippen LogP contribution is -2.55. The van der Waals surface area contributed by atoms with Gasteiger partial charge in [-0.15, -0.1) is 0 Å². The highest BCUT2D eigenvalue weighted by molar-refractivity contribution is 6.36. The molecule has 7 atom stereocenters. The van der Waals surface area contributed by atoms with Gasteiger partial charge in [0.1, 0.15) is 24.3 Å². The number of carbonyl (C=O) groups excluding carboxylic acids is 5. The Labute approximate surface area is 257 Å². The maximum Gasteiger partial charge on any atom is 0.287 e. The van der Waals surface area contributed by atoms with Crippen LogP contribution in [0.3, 0.4) is 0 Å². The van der Waals surface area contributed by atoms with E-state index in [-0.39, 0.29) is 50.2 Å². The van der Waals surface area contributed by atoms with E-state index >= 15 is 0 Å². The van der Waals surface area contributed by atoms with Crippen molar-refractivity contribution >= 4 is 35.1 Å². The third-order valence-corrected chi connectivity index (χ3v) is 8.94. The molecule has 2 bridgehead atoms. The summed E-state index contributed by atoms with van der Waals surface area (Å²) in [6.07, 6.45) is 5.57. The second-order valence-electron chi connectivity index (χ2n) is 12.6. The Morgan fingerprint density at radius 1 is 1.11 bits per heavy atom. The third-order valence-electron chi connectivity index (χ3n) is 8.94. The van der Waals surface area contributed by atoms with E-state index in [9.17, 15) is 28.8 Å². The molecule has 1 aromatic rings. The SMILES string of the molecule is CCNC(=O)C(=O)CCC(NC(=O)C1COCCN1)C(=O)Nc1cccn(CC(=O)NC2C(C)CC3CC(C)CC2C3)c1=O. The summed E-state index contributed by atoms with van der Waals surface area (Å²) >= 11 is 0. The van der Waals surface area contributed by atoms with Crippen molar-refractivity contribution in [2.24, 2.45) is 23.7 Å². The number of hydrogen-bond donors (Lipinski definition) is 5. The number of pyridine rings is 1. The smallest absolute Gasteiger partial charge is 0.287 e. The second kappa shape index (κ2) is 15.4. The van der Waals surface area contributed by atoms with Crippen LogP contribution in [0.4, 0.5) is 5.69 Å². The molecule has 4 rings (SSSR count). The maximum atomic E-state index is 13.3. The third kappa shape index (κ3) is 8.75. The molecule has 13 heteroatoms. The highest BCUT2D eigenvalue weighted by Gasteiger charge is 2.40. The first-order chi connectivity index (χ1) is 21.0. The van der Waals surface area contributed by atoms with E-state index < -0.39 is 41.1 Å². The topological polar surface area (TPSA) is 177 Å². The molecule has 13 nitrogen and oxygen atoms in total. The molecule has 2 heterocycles. The molecular formula is C31H46N6O7. The quantitative estimate of drug-likeness (QED) is 0.209. The summed E-state index contributed by atoms with van der Waals surface area (Å²) in [6, 6.07) is 1.12. The number of fused-ring (bicyclic) bond motifs is 2. The monoisotopic (exact) mass is 614 g/mol. The van der Waals surface area contributed by atoms with Gasteiger partial charge in [-0.1, -0.05) is 13.8 Å². The van der Waals surface area contributed by atoms with E-state index in [2.05, 4.69) is 40.4 Å². The van der Waals surface area contributed by atoms with Gasteiger partial charge in [0.05, 0.1) is 13.2 Å². The maximum absolute atomic E-state index is 13.3. The lowest BCUT2D eigenvalue weighted by molar-refractivity contribution is -0.138. The fourth-order valence-corrected chi connectivity index (χ4v) is 6.97. The molecule has 242 valence electrons. The number of anilines is 1. The van der Waals surface area contributed by atoms with Crippen LogP contribution in [0.15, 0.2) is 23.1 Å². The molecule has 2 aliphatic carbocycles. The zero-order valence-corrected chi connectivity index (χ0v) is 25.9. The second-order valence-corrected chi connectivity index (χ2v) is 12.6. The standard InChI is InChI=1S/C31H46N6O7/c1-4-32-30(42)25(38)8-7-22(34-29(41)24-17-44-11-9-33-24)28(40)35-23-6-5-10-37(31(23)43)16-26(39)36-27-19(3)14-20-12-18(2)13-21(27)15-20/h5-6,10,18-22,24,27,33H,4,7-9,11-17H2,1-3H3,(H,32,42)(H,34,41)(H,35,40)(H,36,39). The van der Waals surface area contributed by atoms with Gasteiger partial charge in [-0.2, -0.15) is 0 Å². The Bertz CT molecular complexity index is 1270. The van der Waals surface area contributed by atoms with Gasteiger partial charge in [0.2, 0.25) is 23.5 Å². The van der Waals surface area contributed by atoms with Crippen molar-refractivity contribution in [2.75, 3.05) is 31.6 Å². The van der Waals surface area contributed by atoms with E-state index in [1.165, 1.54) is 23.3 Å². The lowest BCUT2D eigenvalue weighted by Gasteiger charge is -2.46. The normalized spacial score (nSPS) is 27.0. The van der Waals surface area contributed by atoms with Gasteiger partial charge in [-0.25, -0.2) is 0 Å². The van der Waals surface area contributed by atoms with Crippen LogP contribution in [0.5, 0.6) is 0 Å². The number of nitrogens with zero attached hydrogens (tertiary/aromatic N) is 1. The molecule has 1 aliphatic heterocycles. The fraction of sp³-hybridized carbons (Fsp3) is 0.677. The molecule has 3 aliphatic rings. The van der Waals surface area contributed by atoms with Crippen molar-refractivity contribution < 1.29 is 28.7 Å². The first kappa shape index (κ1) is 33.3. The van der Waals surface area contributed by atoms with Crippen LogP contribution in [-0.2, 0) is 35.3 Å². The largest absolute Gasteiger partial charge is 0.378 e. The molecule has 4 amide bonds. The van der Waals surface area contributed by atoms with Gasteiger partial charge in [-0.05, 0) is 74.8 Å². The van der Waals surface area contributed by atoms with Crippen LogP contribution in [0.25, 0.3) is 0 Å². The Morgan fingerprint density at radius 3 is 2.64 bits per heavy atom. The summed E-state index contributed by atoms with van der Waals surface area (Å²) in [7, 11) is 0. The molecule has 3 fully saturated rings. The zero-order chi connectivity index (χ0) is 31.8. The molecule has 44 heavy (non-hydrogen) atoms. The lowest BCUT2D eigenvalue weighted by atomic mass is 9.63. The van der Waals surface area contributed by atoms with E-state index in [0.717, 1.165) is 19.3 Å². The van der Waals surface area contributed by atoms with Crippen molar-refractivity contribution in [3.8, 4) is 0 Å². The van der Waals surface area contributed by atoms with E-state index in [4.69, 9.17) is 4.74 Å². The Kier molecular flexibility index (Phi) is 11.7. The van der Waals surface area contributed by atoms with Crippen molar-refractivity contribution in [1.82, 2.24) is 25.8 Å². The number of aromatic nitrogens is 1. The number of carbonyl (C=O) groups is 5. The fourth-order valence-electron chi connectivity index (χ4n) is 6.97. The number of hydrogen-bond acceptors (Lipinski definition) is 8. The van der Waals surface area contributed by atoms with E-state index in [1.807, 2.05) is 0 Å². The van der Waals surface area contributed by atoms with Gasteiger partial charge >= 0.3 is 0 Å². The molecule has 2 saturated carbocycles. The summed E-state index contributed by atoms with van der Waals surface area (Å²) in [4.78, 5) is 76.7. The molecule has 5 N–H and O–H groups in total. The van der Waals surface area contributed by atoms with Gasteiger partial charge in [0, 0.05) is 31.7 Å². The molecule has 0 aromatic carbocycles. The molecule has 1 aromatic heterocycles. The van der Waals surface area contributed by atoms with Gasteiger partial charge in [-0.3, -0.25) is 28.8 Å². The van der Waals surface area contributed by atoms with Crippen LogP contribution in [0.1, 0.15) is 59.3 Å². The van der Waals surface area contributed by atoms with Crippen LogP contribution >= 0.6 is 0 Å². The molecule has 1 saturated heterocycles. The van der Waals surface area contributed by atoms with Crippen molar-refractivity contribution in [1.29, 1.82) is 0 Å². The van der Waals surface area contributed by atoms with Gasteiger partial charge in [0.25, 0.3) is 11.5 Å². The van der Waals surface area contributed by atoms with Gasteiger partial charge < -0.3 is 35.9 Å². The van der Waals surface area contributed by atoms with Crippen molar-refractivity contribution in [3.05, 3.63) is 28.7 Å². The average molecular weight is 615 g/mol. The average Bonchev–Trinajstić information content (AvgIpc) is 2.99. The molecule has 7 unspecified atom stereocenters. The minimum Gasteiger partial charge on any atom is -0.378 e. The van der Waals surface area contributed by atoms with Crippen LogP contribution in [-0.4, -0.2) is 78.4 Å². The predicted molar refractivity (Wildman–Crippen MR) is 163 cm³/mol. The summed E-state index contributed by atoms with van der Waals surface area (Å²) in [5.74, 6) is -0.852. The van der Waals surface area contributed by atoms with Crippen LogP contribution in [0, 0.1) is 23.7 Å². The molecule has 0 radical (unpaired) electrons. The Balaban J connectivity index is 1.41. The summed E-state index contributed by atoms with van der Waals surface area (Å²) in [5.41, 5.74) is -0.654. The van der Waals surface area contributed by atoms with E-state index in [0.29, 0.717) is 36.8 Å². The zero-order valence-electron chi connectivity index (χ0n) is 25.9. The summed E-state index contributed by atoms with van der Waals surface area (Å²) in [6.45, 7) is 7.23. The number of ketones is 1. The highest BCUT2D eigenvalue weighted by atomic mass is 16.5. The minimum atomic E-state index is -1.21. The van der Waals surface area contributed by atoms with Crippen LogP contribution < -0.4 is 32.1 Å². The Morgan fingerprint density at radius 2 is 1.91 bits per heavy atom. The number of likely N-dealkylation sites (N-methyl/N-ethyl adjacent to an activating group) is 1. The summed E-state index contributed by atoms with van der Waals surface area (Å²) in [5, 5.41) is 13.8. The minimum absolute atomic E-state index is 0.0654. The van der Waals surface area contributed by atoms with Crippen molar-refractivity contribution in [3.63, 3.8) is 0 Å². The van der Waals surface area contributed by atoms with Crippen molar-refractivity contribution in [2.45, 2.75) is 84.0 Å². The first-order valence-corrected chi connectivity index (χ1v) is 15.8. The number of ether oxygens (including phenoxy) is 1. The number of nitrogens with one attached hydrogen (secondary N) is 5. The molecule has 0 spiro atoms. The summed E-state index contributed by atoms with van der Waals surface area (Å²) < 4.78 is 6.56. The highest BCUT2D eigenvalue weighted by Crippen LogP contribution is 2.44. The predicted octanol–water partition coefficient (Wildman–Crippen LogP) is 0.322.